The van der Waals surface area contributed by atoms with Gasteiger partial charge in [0, 0.05) is 0 Å². The van der Waals surface area contributed by atoms with Crippen LogP contribution < -0.4 is 0 Å². The topological polar surface area (TPSA) is 31.5 Å². The standard InChI is InChI=1S/C5H5.H2O.Ru/c1-2-4-5-3-1;;/h1-3H,4H2;1H2;/q-1;;+1. The van der Waals surface area contributed by atoms with Gasteiger partial charge >= 0.3 is 19.5 Å². The summed E-state index contributed by atoms with van der Waals surface area (Å²) in [6, 6.07) is 0. The molecule has 0 fully saturated rings. The largest absolute Gasteiger partial charge is 1.00 e. The van der Waals surface area contributed by atoms with Crippen LogP contribution in [0.1, 0.15) is 6.42 Å². The summed E-state index contributed by atoms with van der Waals surface area (Å²) in [6.07, 6.45) is 10.0. The third-order valence-corrected chi connectivity index (χ3v) is 0.586. The molecule has 41 valence electrons. The molecule has 1 aliphatic rings. The molecule has 2 N–H and O–H groups in total. The van der Waals surface area contributed by atoms with E-state index in [1.54, 1.807) is 0 Å². The Morgan fingerprint density at radius 2 is 2.14 bits per heavy atom. The molecule has 0 aliphatic heterocycles. The van der Waals surface area contributed by atoms with E-state index < -0.39 is 0 Å². The normalized spacial score (nSPS) is 12.6. The van der Waals surface area contributed by atoms with E-state index in [0.717, 1.165) is 6.42 Å². The Hall–Kier alpha value is 0.0634. The fourth-order valence-electron chi connectivity index (χ4n) is 0.340. The van der Waals surface area contributed by atoms with Crippen molar-refractivity contribution in [2.45, 2.75) is 6.42 Å². The second kappa shape index (κ2) is 6.06. The van der Waals surface area contributed by atoms with Crippen molar-refractivity contribution in [3.05, 3.63) is 24.3 Å². The van der Waals surface area contributed by atoms with Crippen molar-refractivity contribution in [2.24, 2.45) is 0 Å². The van der Waals surface area contributed by atoms with E-state index in [4.69, 9.17) is 0 Å². The molecule has 2 heteroatoms. The second-order valence-corrected chi connectivity index (χ2v) is 1.00. The predicted octanol–water partition coefficient (Wildman–Crippen LogP) is 0.478. The molecule has 0 unspecified atom stereocenters. The van der Waals surface area contributed by atoms with E-state index in [2.05, 4.69) is 12.2 Å². The fourth-order valence-corrected chi connectivity index (χ4v) is 0.340. The minimum Gasteiger partial charge on any atom is -0.412 e. The van der Waals surface area contributed by atoms with Crippen molar-refractivity contribution in [1.82, 2.24) is 0 Å². The summed E-state index contributed by atoms with van der Waals surface area (Å²) >= 11 is 0. The minimum atomic E-state index is 0. The average molecular weight is 184 g/mol. The molecular weight excluding hydrogens is 177 g/mol. The van der Waals surface area contributed by atoms with Crippen molar-refractivity contribution in [1.29, 1.82) is 0 Å². The summed E-state index contributed by atoms with van der Waals surface area (Å²) in [7, 11) is 0. The molecule has 0 atom stereocenters. The zero-order valence-corrected chi connectivity index (χ0v) is 5.53. The van der Waals surface area contributed by atoms with Gasteiger partial charge in [0.05, 0.1) is 0 Å². The monoisotopic (exact) mass is 185 g/mol. The van der Waals surface area contributed by atoms with Gasteiger partial charge in [0.15, 0.2) is 0 Å². The molecule has 0 heterocycles. The molecule has 0 saturated heterocycles. The van der Waals surface area contributed by atoms with Gasteiger partial charge in [-0.05, 0) is 0 Å². The van der Waals surface area contributed by atoms with Crippen LogP contribution in [-0.2, 0) is 19.5 Å². The van der Waals surface area contributed by atoms with Crippen LogP contribution >= 0.6 is 0 Å². The quantitative estimate of drug-likeness (QED) is 0.387. The summed E-state index contributed by atoms with van der Waals surface area (Å²) in [6.45, 7) is 0. The van der Waals surface area contributed by atoms with Crippen molar-refractivity contribution in [3.8, 4) is 0 Å². The van der Waals surface area contributed by atoms with E-state index in [0.29, 0.717) is 0 Å². The van der Waals surface area contributed by atoms with Crippen LogP contribution in [0, 0.1) is 6.08 Å². The van der Waals surface area contributed by atoms with E-state index >= 15 is 0 Å². The first-order chi connectivity index (χ1) is 2.50. The molecule has 1 nitrogen and oxygen atoms in total. The van der Waals surface area contributed by atoms with Crippen LogP contribution in [0.5, 0.6) is 0 Å². The van der Waals surface area contributed by atoms with E-state index in [1.807, 2.05) is 12.2 Å². The van der Waals surface area contributed by atoms with Crippen LogP contribution in [0.3, 0.4) is 0 Å². The van der Waals surface area contributed by atoms with Gasteiger partial charge in [0.2, 0.25) is 0 Å². The summed E-state index contributed by atoms with van der Waals surface area (Å²) in [5.41, 5.74) is 0. The minimum absolute atomic E-state index is 0. The molecule has 0 amide bonds. The van der Waals surface area contributed by atoms with E-state index in [9.17, 15) is 0 Å². The molecule has 1 aliphatic carbocycles. The number of rotatable bonds is 0. The van der Waals surface area contributed by atoms with Crippen molar-refractivity contribution < 1.29 is 25.0 Å². The third-order valence-electron chi connectivity index (χ3n) is 0.586. The molecule has 0 aromatic heterocycles. The van der Waals surface area contributed by atoms with Crippen molar-refractivity contribution in [3.63, 3.8) is 0 Å². The Morgan fingerprint density at radius 3 is 2.29 bits per heavy atom. The van der Waals surface area contributed by atoms with Gasteiger partial charge in [0.25, 0.3) is 0 Å². The molecule has 0 spiro atoms. The Bertz CT molecular complexity index is 66.1. The molecular formula is C5H7ORu. The van der Waals surface area contributed by atoms with Crippen LogP contribution in [0.2, 0.25) is 0 Å². The summed E-state index contributed by atoms with van der Waals surface area (Å²) in [5, 5.41) is 0. The maximum atomic E-state index is 2.99. The van der Waals surface area contributed by atoms with Gasteiger partial charge in [-0.15, -0.1) is 6.42 Å². The number of allylic oxidation sites excluding steroid dienone is 4. The van der Waals surface area contributed by atoms with Gasteiger partial charge in [-0.3, -0.25) is 6.08 Å². The molecule has 0 aromatic carbocycles. The maximum absolute atomic E-state index is 2.99. The summed E-state index contributed by atoms with van der Waals surface area (Å²) in [4.78, 5) is 0. The number of hydrogen-bond acceptors (Lipinski definition) is 0. The average Bonchev–Trinajstić information content (AvgIpc) is 1.76. The zero-order chi connectivity index (χ0) is 3.54. The van der Waals surface area contributed by atoms with E-state index in [1.165, 1.54) is 0 Å². The first-order valence-corrected chi connectivity index (χ1v) is 1.72. The SMILES string of the molecule is O.[C-]1=CC=CC1.[Ru+]. The molecule has 0 saturated carbocycles. The predicted molar refractivity (Wildman–Crippen MR) is 25.2 cm³/mol. The smallest absolute Gasteiger partial charge is 0.412 e. The molecule has 1 radical (unpaired) electrons. The van der Waals surface area contributed by atoms with Gasteiger partial charge in [-0.2, -0.15) is 6.08 Å². The van der Waals surface area contributed by atoms with Crippen LogP contribution in [0.25, 0.3) is 0 Å². The molecule has 7 heavy (non-hydrogen) atoms. The van der Waals surface area contributed by atoms with E-state index in [-0.39, 0.29) is 25.0 Å². The third kappa shape index (κ3) is 3.90. The van der Waals surface area contributed by atoms with Gasteiger partial charge in [-0.1, -0.05) is 0 Å². The Kier molecular flexibility index (Phi) is 8.77. The van der Waals surface area contributed by atoms with Crippen molar-refractivity contribution in [2.75, 3.05) is 0 Å². The molecule has 0 aromatic rings. The maximum Gasteiger partial charge on any atom is 1.00 e. The van der Waals surface area contributed by atoms with Crippen LogP contribution in [0.15, 0.2) is 18.2 Å². The summed E-state index contributed by atoms with van der Waals surface area (Å²) in [5.74, 6) is 0. The molecule has 0 bridgehead atoms. The second-order valence-electron chi connectivity index (χ2n) is 1.00. The van der Waals surface area contributed by atoms with Gasteiger partial charge in [0.1, 0.15) is 0 Å². The first-order valence-electron chi connectivity index (χ1n) is 1.72. The van der Waals surface area contributed by atoms with Crippen LogP contribution in [-0.4, -0.2) is 5.48 Å². The van der Waals surface area contributed by atoms with Crippen LogP contribution in [0.4, 0.5) is 0 Å². The number of hydrogen-bond donors (Lipinski definition) is 0. The first kappa shape index (κ1) is 10.1. The Labute approximate surface area is 56.2 Å². The Balaban J connectivity index is 0. The Morgan fingerprint density at radius 1 is 1.43 bits per heavy atom. The van der Waals surface area contributed by atoms with Crippen molar-refractivity contribution >= 4 is 0 Å². The summed E-state index contributed by atoms with van der Waals surface area (Å²) < 4.78 is 0. The van der Waals surface area contributed by atoms with Gasteiger partial charge < -0.3 is 5.48 Å². The zero-order valence-electron chi connectivity index (χ0n) is 3.79. The fraction of sp³-hybridized carbons (Fsp3) is 0.200. The van der Waals surface area contributed by atoms with Gasteiger partial charge in [-0.25, -0.2) is 12.2 Å². The molecule has 1 rings (SSSR count).